The second-order valence-electron chi connectivity index (χ2n) is 2.65. The van der Waals surface area contributed by atoms with Crippen molar-refractivity contribution in [1.29, 1.82) is 0 Å². The number of thiol groups is 1. The highest BCUT2D eigenvalue weighted by atomic mass is 32.1. The van der Waals surface area contributed by atoms with Gasteiger partial charge < -0.3 is 10.2 Å². The Morgan fingerprint density at radius 1 is 1.44 bits per heavy atom. The first kappa shape index (κ1) is 9.27. The van der Waals surface area contributed by atoms with Crippen LogP contribution in [0.15, 0.2) is 0 Å². The van der Waals surface area contributed by atoms with Gasteiger partial charge in [0.05, 0.1) is 13.2 Å². The van der Waals surface area contributed by atoms with Gasteiger partial charge in [0.1, 0.15) is 0 Å². The predicted molar refractivity (Wildman–Crippen MR) is 40.7 cm³/mol. The van der Waals surface area contributed by atoms with E-state index in [4.69, 9.17) is 10.2 Å². The molecule has 0 spiro atoms. The Balaban J connectivity index is 3.92. The molecular formula is C6H14O2S. The summed E-state index contributed by atoms with van der Waals surface area (Å²) in [5.41, 5.74) is -0.441. The van der Waals surface area contributed by atoms with E-state index in [2.05, 4.69) is 12.6 Å². The third-order valence-corrected chi connectivity index (χ3v) is 2.35. The van der Waals surface area contributed by atoms with E-state index in [0.717, 1.165) is 0 Å². The van der Waals surface area contributed by atoms with Gasteiger partial charge in [-0.1, -0.05) is 13.8 Å². The standard InChI is InChI=1S/C6H14O2S/c1-5(9)6(2,3-7)4-8/h5,7-9H,3-4H2,1-2H3. The van der Waals surface area contributed by atoms with Gasteiger partial charge in [-0.25, -0.2) is 0 Å². The molecule has 0 aromatic carbocycles. The number of hydrogen-bond donors (Lipinski definition) is 3. The van der Waals surface area contributed by atoms with E-state index in [1.807, 2.05) is 6.92 Å². The lowest BCUT2D eigenvalue weighted by atomic mass is 9.89. The van der Waals surface area contributed by atoms with Crippen LogP contribution in [0.1, 0.15) is 13.8 Å². The van der Waals surface area contributed by atoms with Crippen LogP contribution in [0.3, 0.4) is 0 Å². The molecular weight excluding hydrogens is 136 g/mol. The second kappa shape index (κ2) is 3.44. The van der Waals surface area contributed by atoms with Crippen molar-refractivity contribution in [3.8, 4) is 0 Å². The van der Waals surface area contributed by atoms with Crippen molar-refractivity contribution in [2.45, 2.75) is 19.1 Å². The Labute approximate surface area is 61.3 Å². The molecule has 0 heterocycles. The molecule has 0 saturated heterocycles. The number of aliphatic hydroxyl groups excluding tert-OH is 2. The summed E-state index contributed by atoms with van der Waals surface area (Å²) >= 11 is 4.12. The van der Waals surface area contributed by atoms with E-state index < -0.39 is 5.41 Å². The average molecular weight is 150 g/mol. The van der Waals surface area contributed by atoms with E-state index in [-0.39, 0.29) is 18.5 Å². The molecule has 0 bridgehead atoms. The molecule has 0 aliphatic carbocycles. The van der Waals surface area contributed by atoms with Gasteiger partial charge in [-0.3, -0.25) is 0 Å². The zero-order valence-corrected chi connectivity index (χ0v) is 6.73. The van der Waals surface area contributed by atoms with Crippen LogP contribution >= 0.6 is 12.6 Å². The minimum absolute atomic E-state index is 0.0197. The quantitative estimate of drug-likeness (QED) is 0.506. The largest absolute Gasteiger partial charge is 0.396 e. The number of hydrogen-bond acceptors (Lipinski definition) is 3. The number of aliphatic hydroxyl groups is 2. The Hall–Kier alpha value is 0.270. The smallest absolute Gasteiger partial charge is 0.0517 e. The highest BCUT2D eigenvalue weighted by Gasteiger charge is 2.26. The Bertz CT molecular complexity index is 79.1. The summed E-state index contributed by atoms with van der Waals surface area (Å²) in [4.78, 5) is 0. The molecule has 2 nitrogen and oxygen atoms in total. The van der Waals surface area contributed by atoms with Crippen molar-refractivity contribution >= 4 is 12.6 Å². The topological polar surface area (TPSA) is 40.5 Å². The Morgan fingerprint density at radius 3 is 1.78 bits per heavy atom. The molecule has 0 aliphatic heterocycles. The average Bonchev–Trinajstić information content (AvgIpc) is 1.86. The van der Waals surface area contributed by atoms with Crippen molar-refractivity contribution in [3.63, 3.8) is 0 Å². The molecule has 1 unspecified atom stereocenters. The summed E-state index contributed by atoms with van der Waals surface area (Å²) < 4.78 is 0. The summed E-state index contributed by atoms with van der Waals surface area (Å²) in [5.74, 6) is 0. The molecule has 0 aliphatic rings. The van der Waals surface area contributed by atoms with Crippen molar-refractivity contribution in [2.75, 3.05) is 13.2 Å². The Kier molecular flexibility index (Phi) is 3.54. The van der Waals surface area contributed by atoms with Crippen LogP contribution in [0, 0.1) is 5.41 Å². The molecule has 0 radical (unpaired) electrons. The van der Waals surface area contributed by atoms with E-state index in [0.29, 0.717) is 0 Å². The van der Waals surface area contributed by atoms with Gasteiger partial charge in [0.2, 0.25) is 0 Å². The molecule has 0 rings (SSSR count). The molecule has 0 aromatic heterocycles. The number of rotatable bonds is 3. The highest BCUT2D eigenvalue weighted by molar-refractivity contribution is 7.81. The van der Waals surface area contributed by atoms with Gasteiger partial charge in [-0.15, -0.1) is 0 Å². The minimum Gasteiger partial charge on any atom is -0.396 e. The monoisotopic (exact) mass is 150 g/mol. The van der Waals surface area contributed by atoms with Crippen molar-refractivity contribution in [3.05, 3.63) is 0 Å². The fourth-order valence-corrected chi connectivity index (χ4v) is 0.478. The fraction of sp³-hybridized carbons (Fsp3) is 1.00. The van der Waals surface area contributed by atoms with E-state index in [1.165, 1.54) is 0 Å². The molecule has 0 aromatic rings. The van der Waals surface area contributed by atoms with Crippen LogP contribution in [0.2, 0.25) is 0 Å². The minimum atomic E-state index is -0.441. The predicted octanol–water partition coefficient (Wildman–Crippen LogP) is 0.296. The van der Waals surface area contributed by atoms with Gasteiger partial charge in [0, 0.05) is 10.7 Å². The lowest BCUT2D eigenvalue weighted by Crippen LogP contribution is -2.34. The summed E-state index contributed by atoms with van der Waals surface area (Å²) in [6.07, 6.45) is 0. The van der Waals surface area contributed by atoms with E-state index in [1.54, 1.807) is 6.92 Å². The van der Waals surface area contributed by atoms with Gasteiger partial charge in [-0.2, -0.15) is 12.6 Å². The molecule has 9 heavy (non-hydrogen) atoms. The first-order valence-electron chi connectivity index (χ1n) is 2.96. The van der Waals surface area contributed by atoms with Crippen molar-refractivity contribution in [2.24, 2.45) is 5.41 Å². The molecule has 56 valence electrons. The highest BCUT2D eigenvalue weighted by Crippen LogP contribution is 2.23. The van der Waals surface area contributed by atoms with Crippen LogP contribution in [-0.2, 0) is 0 Å². The van der Waals surface area contributed by atoms with Gasteiger partial charge in [0.15, 0.2) is 0 Å². The lowest BCUT2D eigenvalue weighted by Gasteiger charge is -2.27. The molecule has 2 N–H and O–H groups in total. The summed E-state index contributed by atoms with van der Waals surface area (Å²) in [5, 5.41) is 17.5. The maximum Gasteiger partial charge on any atom is 0.0517 e. The molecule has 1 atom stereocenters. The normalized spacial score (nSPS) is 15.7. The van der Waals surface area contributed by atoms with Crippen molar-refractivity contribution < 1.29 is 10.2 Å². The molecule has 0 saturated carbocycles. The van der Waals surface area contributed by atoms with Crippen LogP contribution < -0.4 is 0 Å². The van der Waals surface area contributed by atoms with Crippen LogP contribution in [0.5, 0.6) is 0 Å². The lowest BCUT2D eigenvalue weighted by molar-refractivity contribution is 0.0721. The van der Waals surface area contributed by atoms with E-state index >= 15 is 0 Å². The zero-order chi connectivity index (χ0) is 7.49. The van der Waals surface area contributed by atoms with E-state index in [9.17, 15) is 0 Å². The first-order chi connectivity index (χ1) is 4.06. The fourth-order valence-electron chi connectivity index (χ4n) is 0.314. The molecule has 0 amide bonds. The van der Waals surface area contributed by atoms with Crippen LogP contribution in [0.4, 0.5) is 0 Å². The van der Waals surface area contributed by atoms with Crippen LogP contribution in [0.25, 0.3) is 0 Å². The second-order valence-corrected chi connectivity index (χ2v) is 3.42. The third-order valence-electron chi connectivity index (χ3n) is 1.73. The maximum atomic E-state index is 8.75. The SMILES string of the molecule is CC(S)C(C)(CO)CO. The van der Waals surface area contributed by atoms with Gasteiger partial charge in [-0.05, 0) is 0 Å². The summed E-state index contributed by atoms with van der Waals surface area (Å²) in [7, 11) is 0. The molecule has 3 heteroatoms. The van der Waals surface area contributed by atoms with Gasteiger partial charge in [0.25, 0.3) is 0 Å². The zero-order valence-electron chi connectivity index (χ0n) is 5.83. The maximum absolute atomic E-state index is 8.75. The third kappa shape index (κ3) is 2.16. The van der Waals surface area contributed by atoms with Gasteiger partial charge >= 0.3 is 0 Å². The van der Waals surface area contributed by atoms with Crippen molar-refractivity contribution in [1.82, 2.24) is 0 Å². The molecule has 0 fully saturated rings. The first-order valence-corrected chi connectivity index (χ1v) is 3.48. The summed E-state index contributed by atoms with van der Waals surface area (Å²) in [6.45, 7) is 3.61. The van der Waals surface area contributed by atoms with Crippen LogP contribution in [-0.4, -0.2) is 28.7 Å². The Morgan fingerprint density at radius 2 is 1.78 bits per heavy atom. The summed E-state index contributed by atoms with van der Waals surface area (Å²) in [6, 6.07) is 0.